The molecule has 0 spiro atoms. The van der Waals surface area contributed by atoms with E-state index < -0.39 is 0 Å². The van der Waals surface area contributed by atoms with Crippen LogP contribution in [0.3, 0.4) is 0 Å². The highest BCUT2D eigenvalue weighted by atomic mass is 16.5. The van der Waals surface area contributed by atoms with E-state index >= 15 is 0 Å². The van der Waals surface area contributed by atoms with Crippen LogP contribution in [0.15, 0.2) is 50.5 Å². The molecule has 0 atom stereocenters. The number of aromatic nitrogens is 4. The summed E-state index contributed by atoms with van der Waals surface area (Å²) in [5.74, 6) is 1.26. The van der Waals surface area contributed by atoms with E-state index in [2.05, 4.69) is 20.1 Å². The molecule has 4 aromatic heterocycles. The molecule has 7 nitrogen and oxygen atoms in total. The second-order valence-electron chi connectivity index (χ2n) is 4.75. The summed E-state index contributed by atoms with van der Waals surface area (Å²) >= 11 is 0. The molecule has 0 saturated heterocycles. The first kappa shape index (κ1) is 12.5. The highest BCUT2D eigenvalue weighted by molar-refractivity contribution is 5.92. The first-order chi connectivity index (χ1) is 10.7. The minimum Gasteiger partial charge on any atom is -0.463 e. The standard InChI is InChI=1S/C15H10N4O3/c1-8-17-14(19-22-8)10-7-9-11(18-15(10)20)4-5-16-13(9)12-3-2-6-21-12/h2-7H,1H3,(H,18,20). The average Bonchev–Trinajstić information content (AvgIpc) is 3.17. The molecule has 0 aliphatic heterocycles. The molecule has 108 valence electrons. The van der Waals surface area contributed by atoms with Gasteiger partial charge in [0.25, 0.3) is 5.56 Å². The third-order valence-corrected chi connectivity index (χ3v) is 3.29. The van der Waals surface area contributed by atoms with Crippen molar-refractivity contribution in [2.24, 2.45) is 0 Å². The number of aromatic amines is 1. The minimum absolute atomic E-state index is 0.245. The van der Waals surface area contributed by atoms with E-state index in [0.29, 0.717) is 28.4 Å². The van der Waals surface area contributed by atoms with E-state index in [1.807, 2.05) is 6.07 Å². The van der Waals surface area contributed by atoms with E-state index in [-0.39, 0.29) is 11.4 Å². The summed E-state index contributed by atoms with van der Waals surface area (Å²) in [5, 5.41) is 4.54. The van der Waals surface area contributed by atoms with Gasteiger partial charge in [-0.3, -0.25) is 9.78 Å². The lowest BCUT2D eigenvalue weighted by Gasteiger charge is -2.04. The van der Waals surface area contributed by atoms with E-state index in [9.17, 15) is 4.79 Å². The maximum atomic E-state index is 12.2. The summed E-state index contributed by atoms with van der Waals surface area (Å²) in [4.78, 5) is 23.5. The summed E-state index contributed by atoms with van der Waals surface area (Å²) < 4.78 is 10.3. The van der Waals surface area contributed by atoms with E-state index in [0.717, 1.165) is 5.39 Å². The van der Waals surface area contributed by atoms with Crippen LogP contribution >= 0.6 is 0 Å². The van der Waals surface area contributed by atoms with Crippen molar-refractivity contribution in [1.82, 2.24) is 20.1 Å². The fourth-order valence-corrected chi connectivity index (χ4v) is 2.31. The van der Waals surface area contributed by atoms with Crippen LogP contribution in [0.1, 0.15) is 5.89 Å². The van der Waals surface area contributed by atoms with Gasteiger partial charge in [0, 0.05) is 18.5 Å². The lowest BCUT2D eigenvalue weighted by Crippen LogP contribution is -2.10. The van der Waals surface area contributed by atoms with Gasteiger partial charge >= 0.3 is 0 Å². The molecule has 1 N–H and O–H groups in total. The molecule has 0 saturated carbocycles. The van der Waals surface area contributed by atoms with Crippen LogP contribution < -0.4 is 5.56 Å². The zero-order valence-corrected chi connectivity index (χ0v) is 11.5. The highest BCUT2D eigenvalue weighted by Crippen LogP contribution is 2.27. The van der Waals surface area contributed by atoms with Gasteiger partial charge in [0.2, 0.25) is 11.7 Å². The van der Waals surface area contributed by atoms with Crippen molar-refractivity contribution in [3.05, 3.63) is 53.0 Å². The van der Waals surface area contributed by atoms with Crippen molar-refractivity contribution in [2.75, 3.05) is 0 Å². The lowest BCUT2D eigenvalue weighted by molar-refractivity contribution is 0.394. The summed E-state index contributed by atoms with van der Waals surface area (Å²) in [7, 11) is 0. The summed E-state index contributed by atoms with van der Waals surface area (Å²) in [6.07, 6.45) is 3.19. The zero-order chi connectivity index (χ0) is 15.1. The van der Waals surface area contributed by atoms with Crippen LogP contribution in [-0.2, 0) is 0 Å². The second kappa shape index (κ2) is 4.66. The first-order valence-electron chi connectivity index (χ1n) is 6.59. The minimum atomic E-state index is -0.287. The SMILES string of the molecule is Cc1nc(-c2cc3c(-c4ccco4)nccc3[nH]c2=O)no1. The van der Waals surface area contributed by atoms with Crippen molar-refractivity contribution in [2.45, 2.75) is 6.92 Å². The molecule has 0 amide bonds. The van der Waals surface area contributed by atoms with Crippen LogP contribution in [0.2, 0.25) is 0 Å². The zero-order valence-electron chi connectivity index (χ0n) is 11.5. The number of nitrogens with zero attached hydrogens (tertiary/aromatic N) is 3. The molecule has 0 radical (unpaired) electrons. The van der Waals surface area contributed by atoms with Crippen molar-refractivity contribution in [3.8, 4) is 22.8 Å². The Hall–Kier alpha value is -3.22. The van der Waals surface area contributed by atoms with E-state index in [4.69, 9.17) is 8.94 Å². The molecule has 22 heavy (non-hydrogen) atoms. The van der Waals surface area contributed by atoms with Crippen molar-refractivity contribution in [1.29, 1.82) is 0 Å². The van der Waals surface area contributed by atoms with Gasteiger partial charge in [0.1, 0.15) is 5.69 Å². The molecule has 4 rings (SSSR count). The van der Waals surface area contributed by atoms with Crippen molar-refractivity contribution < 1.29 is 8.94 Å². The third kappa shape index (κ3) is 1.91. The van der Waals surface area contributed by atoms with Gasteiger partial charge in [-0.2, -0.15) is 4.98 Å². The number of hydrogen-bond acceptors (Lipinski definition) is 6. The second-order valence-corrected chi connectivity index (χ2v) is 4.75. The number of furan rings is 1. The van der Waals surface area contributed by atoms with Crippen LogP contribution in [0.5, 0.6) is 0 Å². The fourth-order valence-electron chi connectivity index (χ4n) is 2.31. The number of nitrogens with one attached hydrogen (secondary N) is 1. The monoisotopic (exact) mass is 294 g/mol. The number of fused-ring (bicyclic) bond motifs is 1. The largest absolute Gasteiger partial charge is 0.463 e. The van der Waals surface area contributed by atoms with Crippen LogP contribution in [0, 0.1) is 6.92 Å². The van der Waals surface area contributed by atoms with Crippen LogP contribution in [0.4, 0.5) is 0 Å². The average molecular weight is 294 g/mol. The molecule has 0 fully saturated rings. The van der Waals surface area contributed by atoms with Gasteiger partial charge in [-0.15, -0.1) is 0 Å². The predicted octanol–water partition coefficient (Wildman–Crippen LogP) is 2.54. The Balaban J connectivity index is 2.03. The summed E-state index contributed by atoms with van der Waals surface area (Å²) in [5.41, 5.74) is 1.34. The molecule has 0 aliphatic rings. The number of rotatable bonds is 2. The van der Waals surface area contributed by atoms with Crippen LogP contribution in [-0.4, -0.2) is 20.1 Å². The molecule has 0 unspecified atom stereocenters. The summed E-state index contributed by atoms with van der Waals surface area (Å²) in [6.45, 7) is 1.67. The Morgan fingerprint density at radius 2 is 2.18 bits per heavy atom. The molecule has 0 bridgehead atoms. The normalized spacial score (nSPS) is 11.1. The molecular formula is C15H10N4O3. The Labute approximate surface area is 123 Å². The molecule has 4 aromatic rings. The molecular weight excluding hydrogens is 284 g/mol. The van der Waals surface area contributed by atoms with Gasteiger partial charge in [0.15, 0.2) is 5.76 Å². The van der Waals surface area contributed by atoms with Gasteiger partial charge in [-0.05, 0) is 24.3 Å². The Morgan fingerprint density at radius 3 is 2.91 bits per heavy atom. The van der Waals surface area contributed by atoms with Crippen LogP contribution in [0.25, 0.3) is 33.7 Å². The smallest absolute Gasteiger partial charge is 0.259 e. The number of aryl methyl sites for hydroxylation is 1. The third-order valence-electron chi connectivity index (χ3n) is 3.29. The van der Waals surface area contributed by atoms with Crippen molar-refractivity contribution in [3.63, 3.8) is 0 Å². The van der Waals surface area contributed by atoms with Crippen molar-refractivity contribution >= 4 is 10.9 Å². The number of hydrogen-bond donors (Lipinski definition) is 1. The van der Waals surface area contributed by atoms with E-state index in [1.54, 1.807) is 37.6 Å². The Morgan fingerprint density at radius 1 is 1.27 bits per heavy atom. The lowest BCUT2D eigenvalue weighted by atomic mass is 10.1. The molecule has 4 heterocycles. The fraction of sp³-hybridized carbons (Fsp3) is 0.0667. The number of pyridine rings is 2. The molecule has 7 heteroatoms. The Bertz CT molecular complexity index is 1010. The maximum absolute atomic E-state index is 12.2. The maximum Gasteiger partial charge on any atom is 0.259 e. The van der Waals surface area contributed by atoms with E-state index in [1.165, 1.54) is 0 Å². The molecule has 0 aliphatic carbocycles. The topological polar surface area (TPSA) is 97.8 Å². The number of H-pyrrole nitrogens is 1. The Kier molecular flexibility index (Phi) is 2.65. The predicted molar refractivity (Wildman–Crippen MR) is 78.1 cm³/mol. The van der Waals surface area contributed by atoms with Gasteiger partial charge < -0.3 is 13.9 Å². The molecule has 0 aromatic carbocycles. The van der Waals surface area contributed by atoms with Gasteiger partial charge in [-0.25, -0.2) is 0 Å². The quantitative estimate of drug-likeness (QED) is 0.610. The highest BCUT2D eigenvalue weighted by Gasteiger charge is 2.15. The van der Waals surface area contributed by atoms with Gasteiger partial charge in [0.05, 0.1) is 17.3 Å². The summed E-state index contributed by atoms with van der Waals surface area (Å²) in [6, 6.07) is 7.02. The van der Waals surface area contributed by atoms with Gasteiger partial charge in [-0.1, -0.05) is 5.16 Å². The first-order valence-corrected chi connectivity index (χ1v) is 6.59.